The van der Waals surface area contributed by atoms with Crippen LogP contribution in [0.4, 0.5) is 5.69 Å². The number of hydrogen-bond donors (Lipinski definition) is 2. The van der Waals surface area contributed by atoms with Crippen LogP contribution in [0.15, 0.2) is 27.7 Å². The molecule has 1 fully saturated rings. The molecule has 1 aromatic heterocycles. The Labute approximate surface area is 178 Å². The summed E-state index contributed by atoms with van der Waals surface area (Å²) in [5.74, 6) is 3.32. The molecule has 3 rings (SSSR count). The van der Waals surface area contributed by atoms with Gasteiger partial charge in [0, 0.05) is 61.7 Å². The summed E-state index contributed by atoms with van der Waals surface area (Å²) in [4.78, 5) is 7.10. The Hall–Kier alpha value is -2.90. The van der Waals surface area contributed by atoms with Crippen molar-refractivity contribution in [2.75, 3.05) is 45.3 Å². The molecular weight excluding hydrogens is 382 g/mol. The predicted octanol–water partition coefficient (Wildman–Crippen LogP) is 2.69. The van der Waals surface area contributed by atoms with Crippen LogP contribution in [0.25, 0.3) is 0 Å². The smallest absolute Gasteiger partial charge is 0.191 e. The van der Waals surface area contributed by atoms with Gasteiger partial charge in [0.1, 0.15) is 17.3 Å². The minimum atomic E-state index is 0.319. The van der Waals surface area contributed by atoms with Crippen molar-refractivity contribution in [3.05, 3.63) is 35.2 Å². The van der Waals surface area contributed by atoms with Gasteiger partial charge in [0.05, 0.1) is 19.9 Å². The van der Waals surface area contributed by atoms with Crippen LogP contribution in [0.5, 0.6) is 11.5 Å². The number of aromatic nitrogens is 1. The van der Waals surface area contributed by atoms with Crippen LogP contribution in [-0.2, 0) is 6.42 Å². The molecule has 0 bridgehead atoms. The minimum Gasteiger partial charge on any atom is -0.497 e. The Kier molecular flexibility index (Phi) is 7.43. The third-order valence-corrected chi connectivity index (χ3v) is 5.39. The first-order chi connectivity index (χ1) is 14.5. The highest BCUT2D eigenvalue weighted by Crippen LogP contribution is 2.30. The van der Waals surface area contributed by atoms with Crippen molar-refractivity contribution in [3.63, 3.8) is 0 Å². The van der Waals surface area contributed by atoms with E-state index in [9.17, 15) is 0 Å². The summed E-state index contributed by atoms with van der Waals surface area (Å²) in [7, 11) is 3.35. The average molecular weight is 416 g/mol. The maximum absolute atomic E-state index is 5.41. The molecule has 1 unspecified atom stereocenters. The van der Waals surface area contributed by atoms with E-state index in [0.29, 0.717) is 12.6 Å². The summed E-state index contributed by atoms with van der Waals surface area (Å²) in [5, 5.41) is 10.9. The molecular formula is C22H33N5O3. The minimum absolute atomic E-state index is 0.319. The van der Waals surface area contributed by atoms with Crippen molar-refractivity contribution in [1.82, 2.24) is 15.8 Å². The molecule has 1 atom stereocenters. The van der Waals surface area contributed by atoms with E-state index < -0.39 is 0 Å². The lowest BCUT2D eigenvalue weighted by Crippen LogP contribution is -2.44. The number of benzene rings is 1. The maximum atomic E-state index is 5.41. The van der Waals surface area contributed by atoms with E-state index in [2.05, 4.69) is 27.6 Å². The fraction of sp³-hybridized carbons (Fsp3) is 0.545. The Morgan fingerprint density at radius 3 is 2.57 bits per heavy atom. The third kappa shape index (κ3) is 5.37. The van der Waals surface area contributed by atoms with Crippen molar-refractivity contribution in [1.29, 1.82) is 0 Å². The molecule has 1 saturated heterocycles. The molecule has 2 N–H and O–H groups in total. The van der Waals surface area contributed by atoms with E-state index >= 15 is 0 Å². The van der Waals surface area contributed by atoms with Crippen LogP contribution in [0.2, 0.25) is 0 Å². The van der Waals surface area contributed by atoms with Crippen LogP contribution in [0, 0.1) is 13.8 Å². The van der Waals surface area contributed by atoms with Crippen molar-refractivity contribution in [2.45, 2.75) is 39.7 Å². The highest BCUT2D eigenvalue weighted by Gasteiger charge is 2.24. The van der Waals surface area contributed by atoms with E-state index in [1.54, 1.807) is 14.2 Å². The molecule has 1 aromatic carbocycles. The number of aryl methyl sites for hydroxylation is 2. The second-order valence-electron chi connectivity index (χ2n) is 7.46. The first kappa shape index (κ1) is 21.8. The van der Waals surface area contributed by atoms with Gasteiger partial charge in [0.25, 0.3) is 0 Å². The fourth-order valence-electron chi connectivity index (χ4n) is 3.74. The molecule has 1 aliphatic heterocycles. The Morgan fingerprint density at radius 2 is 1.97 bits per heavy atom. The van der Waals surface area contributed by atoms with Gasteiger partial charge in [-0.05, 0) is 33.6 Å². The maximum Gasteiger partial charge on any atom is 0.191 e. The highest BCUT2D eigenvalue weighted by molar-refractivity contribution is 5.80. The van der Waals surface area contributed by atoms with Gasteiger partial charge in [-0.3, -0.25) is 4.99 Å². The summed E-state index contributed by atoms with van der Waals surface area (Å²) in [6.07, 6.45) is 1.85. The predicted molar refractivity (Wildman–Crippen MR) is 119 cm³/mol. The van der Waals surface area contributed by atoms with Crippen molar-refractivity contribution < 1.29 is 14.0 Å². The summed E-state index contributed by atoms with van der Waals surface area (Å²) < 4.78 is 16.1. The quantitative estimate of drug-likeness (QED) is 0.506. The Bertz CT molecular complexity index is 823. The van der Waals surface area contributed by atoms with E-state index in [-0.39, 0.29) is 0 Å². The lowest BCUT2D eigenvalue weighted by Gasteiger charge is -2.21. The Balaban J connectivity index is 1.60. The van der Waals surface area contributed by atoms with Gasteiger partial charge < -0.3 is 29.5 Å². The van der Waals surface area contributed by atoms with Crippen molar-refractivity contribution in [2.24, 2.45) is 4.99 Å². The van der Waals surface area contributed by atoms with Crippen LogP contribution >= 0.6 is 0 Å². The molecule has 30 heavy (non-hydrogen) atoms. The van der Waals surface area contributed by atoms with Crippen molar-refractivity contribution >= 4 is 11.6 Å². The normalized spacial score (nSPS) is 16.6. The first-order valence-corrected chi connectivity index (χ1v) is 10.5. The molecule has 2 aromatic rings. The van der Waals surface area contributed by atoms with Gasteiger partial charge in [-0.15, -0.1) is 0 Å². The molecule has 0 amide bonds. The van der Waals surface area contributed by atoms with Gasteiger partial charge in [-0.25, -0.2) is 0 Å². The summed E-state index contributed by atoms with van der Waals surface area (Å²) in [6, 6.07) is 6.31. The summed E-state index contributed by atoms with van der Waals surface area (Å²) in [6.45, 7) is 9.36. The second kappa shape index (κ2) is 10.2. The lowest BCUT2D eigenvalue weighted by molar-refractivity contribution is 0.392. The van der Waals surface area contributed by atoms with Gasteiger partial charge >= 0.3 is 0 Å². The van der Waals surface area contributed by atoms with E-state index in [0.717, 1.165) is 72.6 Å². The summed E-state index contributed by atoms with van der Waals surface area (Å²) in [5.41, 5.74) is 3.20. The van der Waals surface area contributed by atoms with Gasteiger partial charge in [0.15, 0.2) is 5.96 Å². The molecule has 2 heterocycles. The highest BCUT2D eigenvalue weighted by atomic mass is 16.5. The topological polar surface area (TPSA) is 84.2 Å². The monoisotopic (exact) mass is 415 g/mol. The van der Waals surface area contributed by atoms with Crippen LogP contribution in [0.1, 0.15) is 30.4 Å². The van der Waals surface area contributed by atoms with E-state index in [1.807, 2.05) is 32.0 Å². The van der Waals surface area contributed by atoms with Crippen molar-refractivity contribution in [3.8, 4) is 11.5 Å². The number of ether oxygens (including phenoxy) is 2. The van der Waals surface area contributed by atoms with Crippen LogP contribution in [-0.4, -0.2) is 57.6 Å². The number of anilines is 1. The summed E-state index contributed by atoms with van der Waals surface area (Å²) >= 11 is 0. The van der Waals surface area contributed by atoms with Gasteiger partial charge in [0.2, 0.25) is 0 Å². The van der Waals surface area contributed by atoms with Gasteiger partial charge in [-0.1, -0.05) is 5.16 Å². The standard InChI is InChI=1S/C22H33N5O3/c1-6-23-22(24-9-7-21-15(2)26-30-16(21)3)25-17-8-10-27(14-17)18-11-19(28-4)13-20(12-18)29-5/h11-13,17H,6-10,14H2,1-5H3,(H2,23,24,25). The molecule has 8 nitrogen and oxygen atoms in total. The molecule has 0 spiro atoms. The number of nitrogens with zero attached hydrogens (tertiary/aromatic N) is 3. The zero-order chi connectivity index (χ0) is 21.5. The number of rotatable bonds is 8. The average Bonchev–Trinajstić information content (AvgIpc) is 3.35. The Morgan fingerprint density at radius 1 is 1.23 bits per heavy atom. The second-order valence-corrected chi connectivity index (χ2v) is 7.46. The van der Waals surface area contributed by atoms with Crippen LogP contribution < -0.4 is 25.0 Å². The van der Waals surface area contributed by atoms with E-state index in [4.69, 9.17) is 19.0 Å². The molecule has 8 heteroatoms. The number of nitrogens with one attached hydrogen (secondary N) is 2. The largest absolute Gasteiger partial charge is 0.497 e. The SMILES string of the molecule is CCNC(=NCCc1c(C)noc1C)NC1CCN(c2cc(OC)cc(OC)c2)C1. The van der Waals surface area contributed by atoms with Crippen LogP contribution in [0.3, 0.4) is 0 Å². The fourth-order valence-corrected chi connectivity index (χ4v) is 3.74. The van der Waals surface area contributed by atoms with E-state index in [1.165, 1.54) is 0 Å². The zero-order valence-electron chi connectivity index (χ0n) is 18.6. The molecule has 0 radical (unpaired) electrons. The molecule has 0 aliphatic carbocycles. The number of guanidine groups is 1. The number of aliphatic imine (C=N–C) groups is 1. The lowest BCUT2D eigenvalue weighted by atomic mass is 10.1. The third-order valence-electron chi connectivity index (χ3n) is 5.39. The first-order valence-electron chi connectivity index (χ1n) is 10.5. The van der Waals surface area contributed by atoms with Gasteiger partial charge in [-0.2, -0.15) is 0 Å². The number of methoxy groups -OCH3 is 2. The number of hydrogen-bond acceptors (Lipinski definition) is 6. The molecule has 1 aliphatic rings. The molecule has 164 valence electrons. The zero-order valence-corrected chi connectivity index (χ0v) is 18.6. The molecule has 0 saturated carbocycles.